The number of carbonyl (C=O) groups is 1. The Bertz CT molecular complexity index is 1720. The van der Waals surface area contributed by atoms with E-state index in [1.165, 1.54) is 24.1 Å². The van der Waals surface area contributed by atoms with Crippen molar-refractivity contribution in [3.8, 4) is 5.69 Å². The lowest BCUT2D eigenvalue weighted by Crippen LogP contribution is -2.31. The lowest BCUT2D eigenvalue weighted by molar-refractivity contribution is -0.137. The molecule has 0 saturated carbocycles. The predicted octanol–water partition coefficient (Wildman–Crippen LogP) is 4.26. The molecule has 210 valence electrons. The molecule has 2 N–H and O–H groups in total. The second-order valence-electron chi connectivity index (χ2n) is 8.28. The number of rotatable bonds is 5. The topological polar surface area (TPSA) is 126 Å². The number of nitrogen functional groups attached to an aromatic ring is 1. The number of ether oxygens (including phenoxy) is 1. The highest BCUT2D eigenvalue weighted by Crippen LogP contribution is 2.33. The molecule has 1 aliphatic heterocycles. The summed E-state index contributed by atoms with van der Waals surface area (Å²) in [5, 5.41) is 4.10. The number of nitrogens with two attached hydrogens (primary N) is 1. The number of esters is 1. The van der Waals surface area contributed by atoms with Gasteiger partial charge in [0.15, 0.2) is 0 Å². The summed E-state index contributed by atoms with van der Waals surface area (Å²) < 4.78 is 23.5. The number of anilines is 1. The van der Waals surface area contributed by atoms with Crippen LogP contribution in [0.3, 0.4) is 0 Å². The monoisotopic (exact) mass is 624 g/mol. The van der Waals surface area contributed by atoms with Gasteiger partial charge in [-0.3, -0.25) is 19.1 Å². The molecule has 4 aromatic rings. The summed E-state index contributed by atoms with van der Waals surface area (Å²) in [6.07, 6.45) is 3.25. The Hall–Kier alpha value is -3.39. The normalized spacial score (nSPS) is 12.8. The summed E-state index contributed by atoms with van der Waals surface area (Å²) in [7, 11) is 1.30. The van der Waals surface area contributed by atoms with Crippen LogP contribution in [0.5, 0.6) is 0 Å². The van der Waals surface area contributed by atoms with E-state index >= 15 is 0 Å². The Balaban J connectivity index is 0.000000210. The molecule has 40 heavy (non-hydrogen) atoms. The Labute approximate surface area is 245 Å². The average Bonchev–Trinajstić information content (AvgIpc) is 3.28. The van der Waals surface area contributed by atoms with Crippen LogP contribution in [0.15, 0.2) is 68.1 Å². The lowest BCUT2D eigenvalue weighted by Gasteiger charge is -2.15. The number of aromatic nitrogens is 4. The fraction of sp³-hybridized carbons (Fsp3) is 0.240. The number of methoxy groups -OCH3 is 1. The van der Waals surface area contributed by atoms with Gasteiger partial charge in [-0.05, 0) is 48.4 Å². The molecule has 0 radical (unpaired) electrons. The van der Waals surface area contributed by atoms with Crippen molar-refractivity contribution >= 4 is 63.6 Å². The van der Waals surface area contributed by atoms with Crippen LogP contribution in [0.25, 0.3) is 5.69 Å². The van der Waals surface area contributed by atoms with E-state index in [2.05, 4.69) is 14.8 Å². The van der Waals surface area contributed by atoms with E-state index in [0.29, 0.717) is 28.5 Å². The second kappa shape index (κ2) is 13.3. The lowest BCUT2D eigenvalue weighted by atomic mass is 10.3. The zero-order valence-corrected chi connectivity index (χ0v) is 24.2. The second-order valence-corrected chi connectivity index (χ2v) is 11.0. The molecule has 0 bridgehead atoms. The minimum absolute atomic E-state index is 0.00569. The third kappa shape index (κ3) is 6.84. The number of nitrogens with zero attached hydrogens (tertiary/aromatic N) is 5. The van der Waals surface area contributed by atoms with Gasteiger partial charge in [0.2, 0.25) is 4.80 Å². The summed E-state index contributed by atoms with van der Waals surface area (Å²) in [6.45, 7) is 1.32. The van der Waals surface area contributed by atoms with E-state index in [1.54, 1.807) is 21.5 Å². The molecule has 3 heterocycles. The number of benzene rings is 2. The van der Waals surface area contributed by atoms with Gasteiger partial charge in [0, 0.05) is 18.0 Å². The van der Waals surface area contributed by atoms with Crippen LogP contribution in [-0.2, 0) is 22.6 Å². The fourth-order valence-electron chi connectivity index (χ4n) is 3.63. The highest BCUT2D eigenvalue weighted by molar-refractivity contribution is 8.00. The highest BCUT2D eigenvalue weighted by atomic mass is 35.5. The fourth-order valence-corrected chi connectivity index (χ4v) is 5.75. The number of halogens is 3. The molecule has 2 aromatic carbocycles. The van der Waals surface area contributed by atoms with Crippen LogP contribution in [0.2, 0.25) is 10.0 Å². The summed E-state index contributed by atoms with van der Waals surface area (Å²) in [6, 6.07) is 11.7. The molecular weight excluding hydrogens is 602 g/mol. The molecular formula is C25H23Cl2FN6O4S2. The van der Waals surface area contributed by atoms with Gasteiger partial charge in [-0.15, -0.1) is 11.8 Å². The molecule has 10 nitrogen and oxygen atoms in total. The molecule has 0 aliphatic carbocycles. The Kier molecular flexibility index (Phi) is 9.85. The van der Waals surface area contributed by atoms with Crippen LogP contribution >= 0.6 is 46.3 Å². The number of fused-ring (bicyclic) bond motifs is 1. The van der Waals surface area contributed by atoms with Crippen LogP contribution in [0.1, 0.15) is 12.8 Å². The Morgan fingerprint density at radius 2 is 1.88 bits per heavy atom. The van der Waals surface area contributed by atoms with Crippen LogP contribution < -0.4 is 21.0 Å². The first-order valence-electron chi connectivity index (χ1n) is 11.8. The van der Waals surface area contributed by atoms with Gasteiger partial charge in [-0.2, -0.15) is 9.78 Å². The molecule has 5 rings (SSSR count). The molecule has 1 aliphatic rings. The molecule has 0 saturated heterocycles. The zero-order valence-electron chi connectivity index (χ0n) is 21.1. The molecule has 0 unspecified atom stereocenters. The van der Waals surface area contributed by atoms with Crippen LogP contribution in [-0.4, -0.2) is 38.0 Å². The SMILES string of the molecule is COC(=O)CSc1cc(N=c2sc(=O)n3n2CCCC3)c(F)cc1Cl.Nc1cnn(-c2ccccc2)c(=O)c1Cl. The standard InChI is InChI=1S/C15H15ClFN3O3S2.C10H8ClN3O/c1-23-13(21)8-24-12-7-11(10(17)6-9(12)16)18-14-19-4-2-3-5-20(19)15(22)25-14;11-9-8(12)6-13-14(10(9)15)7-4-2-1-3-5-7/h6-7H,2-5,8H2,1H3;1-6H,12H2. The maximum atomic E-state index is 14.3. The maximum Gasteiger partial charge on any atom is 0.325 e. The first kappa shape index (κ1) is 29.6. The molecule has 2 aromatic heterocycles. The number of thioether (sulfide) groups is 1. The summed E-state index contributed by atoms with van der Waals surface area (Å²) in [4.78, 5) is 40.2. The maximum absolute atomic E-state index is 14.3. The largest absolute Gasteiger partial charge is 0.468 e. The smallest absolute Gasteiger partial charge is 0.325 e. The first-order valence-corrected chi connectivity index (χ1v) is 14.4. The third-order valence-corrected chi connectivity index (χ3v) is 8.33. The summed E-state index contributed by atoms with van der Waals surface area (Å²) in [5.74, 6) is -0.923. The van der Waals surface area contributed by atoms with Crippen LogP contribution in [0, 0.1) is 5.82 Å². The van der Waals surface area contributed by atoms with Gasteiger partial charge in [0.05, 0.1) is 35.5 Å². The van der Waals surface area contributed by atoms with E-state index in [4.69, 9.17) is 28.9 Å². The van der Waals surface area contributed by atoms with Crippen molar-refractivity contribution < 1.29 is 13.9 Å². The van der Waals surface area contributed by atoms with Gasteiger partial charge in [-0.1, -0.05) is 41.4 Å². The predicted molar refractivity (Wildman–Crippen MR) is 154 cm³/mol. The Morgan fingerprint density at radius 1 is 1.18 bits per heavy atom. The third-order valence-electron chi connectivity index (χ3n) is 5.63. The first-order chi connectivity index (χ1) is 19.2. The minimum atomic E-state index is -0.580. The van der Waals surface area contributed by atoms with Gasteiger partial charge >= 0.3 is 10.8 Å². The number of carbonyl (C=O) groups excluding carboxylic acids is 1. The van der Waals surface area contributed by atoms with Crippen molar-refractivity contribution in [3.63, 3.8) is 0 Å². The highest BCUT2D eigenvalue weighted by Gasteiger charge is 2.15. The van der Waals surface area contributed by atoms with E-state index < -0.39 is 17.3 Å². The van der Waals surface area contributed by atoms with E-state index in [0.717, 1.165) is 42.0 Å². The van der Waals surface area contributed by atoms with Gasteiger partial charge in [0.25, 0.3) is 5.56 Å². The van der Waals surface area contributed by atoms with Crippen molar-refractivity contribution in [1.29, 1.82) is 0 Å². The molecule has 0 spiro atoms. The number of para-hydroxylation sites is 1. The van der Waals surface area contributed by atoms with Crippen LogP contribution in [0.4, 0.5) is 15.8 Å². The van der Waals surface area contributed by atoms with E-state index in [-0.39, 0.29) is 32.0 Å². The van der Waals surface area contributed by atoms with Gasteiger partial charge < -0.3 is 10.5 Å². The van der Waals surface area contributed by atoms with Crippen molar-refractivity contribution in [2.24, 2.45) is 4.99 Å². The minimum Gasteiger partial charge on any atom is -0.468 e. The quantitative estimate of drug-likeness (QED) is 0.260. The van der Waals surface area contributed by atoms with Crippen molar-refractivity contribution in [2.75, 3.05) is 18.6 Å². The molecule has 15 heteroatoms. The van der Waals surface area contributed by atoms with Crippen molar-refractivity contribution in [3.05, 3.63) is 89.3 Å². The number of hydrogen-bond acceptors (Lipinski definition) is 9. The van der Waals surface area contributed by atoms with Gasteiger partial charge in [0.1, 0.15) is 16.5 Å². The average molecular weight is 626 g/mol. The molecule has 0 fully saturated rings. The summed E-state index contributed by atoms with van der Waals surface area (Å²) >= 11 is 13.9. The van der Waals surface area contributed by atoms with Gasteiger partial charge in [-0.25, -0.2) is 14.1 Å². The zero-order chi connectivity index (χ0) is 28.8. The number of hydrogen-bond donors (Lipinski definition) is 1. The summed E-state index contributed by atoms with van der Waals surface area (Å²) in [5.41, 5.74) is 5.97. The Morgan fingerprint density at radius 3 is 2.58 bits per heavy atom. The van der Waals surface area contributed by atoms with Crippen molar-refractivity contribution in [1.82, 2.24) is 19.1 Å². The molecule has 0 amide bonds. The molecule has 0 atom stereocenters. The van der Waals surface area contributed by atoms with E-state index in [9.17, 15) is 18.8 Å². The van der Waals surface area contributed by atoms with E-state index in [1.807, 2.05) is 18.2 Å². The van der Waals surface area contributed by atoms with Crippen molar-refractivity contribution in [2.45, 2.75) is 30.8 Å².